The zero-order valence-electron chi connectivity index (χ0n) is 14.0. The number of rotatable bonds is 8. The molecule has 4 nitrogen and oxygen atoms in total. The van der Waals surface area contributed by atoms with Crippen molar-refractivity contribution in [3.8, 4) is 16.3 Å². The van der Waals surface area contributed by atoms with E-state index in [0.717, 1.165) is 18.4 Å². The molecule has 0 bridgehead atoms. The number of carbonyl (C=O) groups is 1. The van der Waals surface area contributed by atoms with Gasteiger partial charge in [0.1, 0.15) is 10.8 Å². The van der Waals surface area contributed by atoms with Crippen molar-refractivity contribution in [3.05, 3.63) is 70.2 Å². The van der Waals surface area contributed by atoms with E-state index in [1.54, 1.807) is 17.5 Å². The van der Waals surface area contributed by atoms with Crippen LogP contribution in [-0.2, 0) is 17.6 Å². The molecule has 0 spiro atoms. The fraction of sp³-hybridized carbons (Fsp3) is 0.200. The molecule has 0 aliphatic heterocycles. The molecule has 6 heteroatoms. The molecule has 0 radical (unpaired) electrons. The minimum atomic E-state index is -0.898. The Kier molecular flexibility index (Phi) is 6.26. The van der Waals surface area contributed by atoms with Crippen LogP contribution in [0.2, 0.25) is 5.02 Å². The van der Waals surface area contributed by atoms with Crippen molar-refractivity contribution in [3.63, 3.8) is 0 Å². The highest BCUT2D eigenvalue weighted by molar-refractivity contribution is 7.13. The summed E-state index contributed by atoms with van der Waals surface area (Å²) in [5.74, 6) is -0.191. The molecule has 0 saturated carbocycles. The lowest BCUT2D eigenvalue weighted by atomic mass is 10.1. The van der Waals surface area contributed by atoms with Crippen LogP contribution in [0.3, 0.4) is 0 Å². The van der Waals surface area contributed by atoms with Gasteiger partial charge in [-0.2, -0.15) is 0 Å². The lowest BCUT2D eigenvalue weighted by Crippen LogP contribution is -2.01. The Bertz CT molecular complexity index is 880. The number of benzene rings is 2. The maximum Gasteiger partial charge on any atom is 0.309 e. The van der Waals surface area contributed by atoms with Crippen molar-refractivity contribution in [2.24, 2.45) is 0 Å². The van der Waals surface area contributed by atoms with Crippen molar-refractivity contribution >= 4 is 28.9 Å². The minimum absolute atomic E-state index is 0.0929. The Morgan fingerprint density at radius 3 is 2.77 bits per heavy atom. The molecule has 0 fully saturated rings. The smallest absolute Gasteiger partial charge is 0.309 e. The lowest BCUT2D eigenvalue weighted by Gasteiger charge is -2.10. The summed E-state index contributed by atoms with van der Waals surface area (Å²) in [7, 11) is 0. The number of carboxylic acid groups (broad SMARTS) is 1. The highest BCUT2D eigenvalue weighted by atomic mass is 35.5. The summed E-state index contributed by atoms with van der Waals surface area (Å²) < 4.78 is 5.95. The molecule has 0 aliphatic rings. The minimum Gasteiger partial charge on any atom is -0.493 e. The first-order valence-corrected chi connectivity index (χ1v) is 9.50. The average Bonchev–Trinajstić information content (AvgIpc) is 3.08. The SMILES string of the molecule is O=C(O)Cc1csc(-c2cc(Cl)ccc2OCCCc2ccccc2)n1. The van der Waals surface area contributed by atoms with Gasteiger partial charge in [0, 0.05) is 10.4 Å². The van der Waals surface area contributed by atoms with Gasteiger partial charge in [-0.05, 0) is 36.6 Å². The third kappa shape index (κ3) is 5.07. The summed E-state index contributed by atoms with van der Waals surface area (Å²) in [6, 6.07) is 15.7. The Morgan fingerprint density at radius 2 is 2.00 bits per heavy atom. The Labute approximate surface area is 161 Å². The highest BCUT2D eigenvalue weighted by Gasteiger charge is 2.13. The number of halogens is 1. The molecule has 2 aromatic carbocycles. The number of hydrogen-bond donors (Lipinski definition) is 1. The van der Waals surface area contributed by atoms with Gasteiger partial charge in [0.2, 0.25) is 0 Å². The number of aromatic nitrogens is 1. The molecule has 26 heavy (non-hydrogen) atoms. The first-order valence-electron chi connectivity index (χ1n) is 8.24. The van der Waals surface area contributed by atoms with Crippen LogP contribution in [-0.4, -0.2) is 22.7 Å². The van der Waals surface area contributed by atoms with Crippen LogP contribution in [0.5, 0.6) is 5.75 Å². The predicted octanol–water partition coefficient (Wildman–Crippen LogP) is 5.10. The summed E-state index contributed by atoms with van der Waals surface area (Å²) in [6.07, 6.45) is 1.75. The molecule has 0 atom stereocenters. The van der Waals surface area contributed by atoms with Crippen LogP contribution in [0.15, 0.2) is 53.9 Å². The van der Waals surface area contributed by atoms with Crippen LogP contribution < -0.4 is 4.74 Å². The number of ether oxygens (including phenoxy) is 1. The van der Waals surface area contributed by atoms with E-state index < -0.39 is 5.97 Å². The van der Waals surface area contributed by atoms with Gasteiger partial charge in [0.15, 0.2) is 0 Å². The zero-order chi connectivity index (χ0) is 18.4. The lowest BCUT2D eigenvalue weighted by molar-refractivity contribution is -0.136. The summed E-state index contributed by atoms with van der Waals surface area (Å²) in [6.45, 7) is 0.580. The number of hydrogen-bond acceptors (Lipinski definition) is 4. The van der Waals surface area contributed by atoms with Gasteiger partial charge >= 0.3 is 5.97 Å². The number of thiazole rings is 1. The summed E-state index contributed by atoms with van der Waals surface area (Å²) >= 11 is 7.52. The normalized spacial score (nSPS) is 10.7. The molecule has 0 amide bonds. The topological polar surface area (TPSA) is 59.4 Å². The zero-order valence-corrected chi connectivity index (χ0v) is 15.6. The maximum atomic E-state index is 10.8. The van der Waals surface area contributed by atoms with E-state index in [1.165, 1.54) is 16.9 Å². The van der Waals surface area contributed by atoms with Crippen LogP contribution in [0.1, 0.15) is 17.7 Å². The molecule has 0 saturated heterocycles. The van der Waals surface area contributed by atoms with Gasteiger partial charge in [-0.3, -0.25) is 4.79 Å². The van der Waals surface area contributed by atoms with E-state index in [-0.39, 0.29) is 6.42 Å². The fourth-order valence-corrected chi connectivity index (χ4v) is 3.58. The molecule has 0 unspecified atom stereocenters. The molecule has 1 heterocycles. The predicted molar refractivity (Wildman–Crippen MR) is 104 cm³/mol. The second-order valence-corrected chi connectivity index (χ2v) is 7.09. The van der Waals surface area contributed by atoms with Crippen molar-refractivity contribution in [2.75, 3.05) is 6.61 Å². The van der Waals surface area contributed by atoms with Gasteiger partial charge in [-0.15, -0.1) is 11.3 Å². The van der Waals surface area contributed by atoms with E-state index in [4.69, 9.17) is 21.4 Å². The van der Waals surface area contributed by atoms with E-state index >= 15 is 0 Å². The Balaban J connectivity index is 1.67. The van der Waals surface area contributed by atoms with Gasteiger partial charge in [0.25, 0.3) is 0 Å². The highest BCUT2D eigenvalue weighted by Crippen LogP contribution is 2.34. The standard InChI is InChI=1S/C20H18ClNO3S/c21-15-8-9-18(25-10-4-7-14-5-2-1-3-6-14)17(11-15)20-22-16(13-26-20)12-19(23)24/h1-3,5-6,8-9,11,13H,4,7,10,12H2,(H,23,24). The van der Waals surface area contributed by atoms with Crippen LogP contribution in [0.4, 0.5) is 0 Å². The first kappa shape index (κ1) is 18.4. The Hall–Kier alpha value is -2.37. The van der Waals surface area contributed by atoms with Crippen molar-refractivity contribution in [1.29, 1.82) is 0 Å². The second kappa shape index (κ2) is 8.83. The van der Waals surface area contributed by atoms with Crippen LogP contribution >= 0.6 is 22.9 Å². The number of aliphatic carboxylic acids is 1. The molecule has 3 aromatic rings. The molecule has 1 N–H and O–H groups in total. The van der Waals surface area contributed by atoms with Crippen molar-refractivity contribution in [1.82, 2.24) is 4.98 Å². The van der Waals surface area contributed by atoms with Gasteiger partial charge in [-0.25, -0.2) is 4.98 Å². The quantitative estimate of drug-likeness (QED) is 0.546. The molecular formula is C20H18ClNO3S. The van der Waals surface area contributed by atoms with Gasteiger partial charge in [-0.1, -0.05) is 41.9 Å². The summed E-state index contributed by atoms with van der Waals surface area (Å²) in [4.78, 5) is 15.2. The molecule has 0 aliphatic carbocycles. The maximum absolute atomic E-state index is 10.8. The average molecular weight is 388 g/mol. The third-order valence-corrected chi connectivity index (χ3v) is 4.93. The summed E-state index contributed by atoms with van der Waals surface area (Å²) in [5.41, 5.74) is 2.61. The van der Waals surface area contributed by atoms with Gasteiger partial charge < -0.3 is 9.84 Å². The monoisotopic (exact) mass is 387 g/mol. The largest absolute Gasteiger partial charge is 0.493 e. The van der Waals surface area contributed by atoms with E-state index in [9.17, 15) is 4.79 Å². The van der Waals surface area contributed by atoms with Crippen molar-refractivity contribution < 1.29 is 14.6 Å². The van der Waals surface area contributed by atoms with Crippen molar-refractivity contribution in [2.45, 2.75) is 19.3 Å². The third-order valence-electron chi connectivity index (χ3n) is 3.77. The molecule has 134 valence electrons. The molecule has 3 rings (SSSR count). The van der Waals surface area contributed by atoms with E-state index in [2.05, 4.69) is 17.1 Å². The molecular weight excluding hydrogens is 370 g/mol. The first-order chi connectivity index (χ1) is 12.6. The number of aryl methyl sites for hydroxylation is 1. The molecule has 1 aromatic heterocycles. The fourth-order valence-electron chi connectivity index (χ4n) is 2.57. The second-order valence-electron chi connectivity index (χ2n) is 5.79. The number of carboxylic acids is 1. The van der Waals surface area contributed by atoms with Gasteiger partial charge in [0.05, 0.1) is 24.3 Å². The summed E-state index contributed by atoms with van der Waals surface area (Å²) in [5, 5.41) is 12.0. The van der Waals surface area contributed by atoms with E-state index in [1.807, 2.05) is 24.3 Å². The Morgan fingerprint density at radius 1 is 1.19 bits per heavy atom. The number of nitrogens with zero attached hydrogens (tertiary/aromatic N) is 1. The van der Waals surface area contributed by atoms with E-state index in [0.29, 0.717) is 28.1 Å². The van der Waals surface area contributed by atoms with Crippen LogP contribution in [0.25, 0.3) is 10.6 Å². The van der Waals surface area contributed by atoms with Crippen LogP contribution in [0, 0.1) is 0 Å².